The van der Waals surface area contributed by atoms with Crippen LogP contribution >= 0.6 is 0 Å². The van der Waals surface area contributed by atoms with Gasteiger partial charge < -0.3 is 20.4 Å². The maximum atomic E-state index is 12.0. The quantitative estimate of drug-likeness (QED) is 0.579. The molecule has 2 amide bonds. The van der Waals surface area contributed by atoms with Gasteiger partial charge >= 0.3 is 12.0 Å². The molecule has 6 heteroatoms. The number of carboxylic acids is 1. The first-order valence-corrected chi connectivity index (χ1v) is 6.85. The maximum absolute atomic E-state index is 12.0. The molecule has 0 aromatic rings. The summed E-state index contributed by atoms with van der Waals surface area (Å²) in [7, 11) is 1.71. The summed E-state index contributed by atoms with van der Waals surface area (Å²) >= 11 is 0. The zero-order chi connectivity index (χ0) is 14.3. The molecule has 1 rings (SSSR count). The number of hydrogen-bond donors (Lipinski definition) is 3. The number of nitrogens with one attached hydrogen (secondary N) is 1. The Morgan fingerprint density at radius 3 is 2.42 bits per heavy atom. The summed E-state index contributed by atoms with van der Waals surface area (Å²) in [5, 5.41) is 20.4. The lowest BCUT2D eigenvalue weighted by atomic mass is 9.74. The number of unbranched alkanes of at least 4 members (excludes halogenated alkanes) is 2. The highest BCUT2D eigenvalue weighted by Crippen LogP contribution is 2.35. The van der Waals surface area contributed by atoms with Crippen LogP contribution in [0.5, 0.6) is 0 Å². The Hall–Kier alpha value is -1.30. The summed E-state index contributed by atoms with van der Waals surface area (Å²) in [6, 6.07) is -0.204. The fourth-order valence-electron chi connectivity index (χ4n) is 2.30. The van der Waals surface area contributed by atoms with Crippen LogP contribution in [0.4, 0.5) is 4.79 Å². The summed E-state index contributed by atoms with van der Waals surface area (Å²) < 4.78 is 0. The number of carbonyl (C=O) groups excluding carboxylic acids is 1. The van der Waals surface area contributed by atoms with E-state index in [1.54, 1.807) is 11.9 Å². The predicted molar refractivity (Wildman–Crippen MR) is 70.9 cm³/mol. The average Bonchev–Trinajstić information content (AvgIpc) is 2.30. The van der Waals surface area contributed by atoms with Crippen molar-refractivity contribution in [1.82, 2.24) is 10.2 Å². The molecule has 0 aromatic heterocycles. The van der Waals surface area contributed by atoms with Gasteiger partial charge in [-0.2, -0.15) is 0 Å². The zero-order valence-electron chi connectivity index (χ0n) is 11.5. The van der Waals surface area contributed by atoms with E-state index in [1.807, 2.05) is 0 Å². The number of carboxylic acid groups (broad SMARTS) is 1. The molecule has 0 saturated heterocycles. The number of aliphatic hydroxyl groups is 1. The molecule has 0 radical (unpaired) electrons. The van der Waals surface area contributed by atoms with Crippen LogP contribution in [0.2, 0.25) is 0 Å². The molecule has 1 aliphatic carbocycles. The second kappa shape index (κ2) is 7.33. The van der Waals surface area contributed by atoms with Gasteiger partial charge in [0.2, 0.25) is 0 Å². The molecular weight excluding hydrogens is 248 g/mol. The molecule has 19 heavy (non-hydrogen) atoms. The molecular formula is C13H24N2O4. The largest absolute Gasteiger partial charge is 0.481 e. The summed E-state index contributed by atoms with van der Waals surface area (Å²) in [5.74, 6) is -0.870. The molecule has 1 fully saturated rings. The number of aliphatic carboxylic acids is 1. The molecule has 1 aliphatic rings. The highest BCUT2D eigenvalue weighted by Gasteiger charge is 2.40. The number of amides is 2. The van der Waals surface area contributed by atoms with Gasteiger partial charge in [0.25, 0.3) is 0 Å². The van der Waals surface area contributed by atoms with Crippen LogP contribution in [-0.2, 0) is 4.79 Å². The monoisotopic (exact) mass is 272 g/mol. The van der Waals surface area contributed by atoms with E-state index >= 15 is 0 Å². The minimum Gasteiger partial charge on any atom is -0.481 e. The van der Waals surface area contributed by atoms with Gasteiger partial charge in [-0.15, -0.1) is 0 Å². The number of carbonyl (C=O) groups is 2. The van der Waals surface area contributed by atoms with E-state index in [2.05, 4.69) is 5.32 Å². The summed E-state index contributed by atoms with van der Waals surface area (Å²) in [5.41, 5.74) is -0.539. The Balaban J connectivity index is 2.33. The van der Waals surface area contributed by atoms with Gasteiger partial charge in [0.05, 0.1) is 12.0 Å². The van der Waals surface area contributed by atoms with Crippen molar-refractivity contribution in [1.29, 1.82) is 0 Å². The third kappa shape index (κ3) is 5.06. The number of nitrogens with zero attached hydrogens (tertiary/aromatic N) is 1. The Kier molecular flexibility index (Phi) is 6.08. The highest BCUT2D eigenvalue weighted by molar-refractivity contribution is 5.77. The van der Waals surface area contributed by atoms with Gasteiger partial charge in [0, 0.05) is 20.2 Å². The van der Waals surface area contributed by atoms with Gasteiger partial charge in [-0.1, -0.05) is 0 Å². The first kappa shape index (κ1) is 15.8. The van der Waals surface area contributed by atoms with Crippen LogP contribution < -0.4 is 5.32 Å². The lowest BCUT2D eigenvalue weighted by Crippen LogP contribution is -2.57. The van der Waals surface area contributed by atoms with Gasteiger partial charge in [-0.3, -0.25) is 4.79 Å². The van der Waals surface area contributed by atoms with E-state index in [0.717, 1.165) is 38.5 Å². The predicted octanol–water partition coefficient (Wildman–Crippen LogP) is 1.19. The fraction of sp³-hybridized carbons (Fsp3) is 0.846. The van der Waals surface area contributed by atoms with Crippen molar-refractivity contribution in [3.05, 3.63) is 0 Å². The van der Waals surface area contributed by atoms with Gasteiger partial charge in [-0.25, -0.2) is 4.79 Å². The van der Waals surface area contributed by atoms with E-state index < -0.39 is 11.5 Å². The van der Waals surface area contributed by atoms with Crippen LogP contribution in [0.1, 0.15) is 44.9 Å². The third-order valence-corrected chi connectivity index (χ3v) is 3.67. The molecule has 0 bridgehead atoms. The minimum absolute atomic E-state index is 0.00288. The van der Waals surface area contributed by atoms with Crippen LogP contribution in [0, 0.1) is 0 Å². The van der Waals surface area contributed by atoms with Crippen LogP contribution in [0.15, 0.2) is 0 Å². The van der Waals surface area contributed by atoms with Gasteiger partial charge in [0.15, 0.2) is 0 Å². The van der Waals surface area contributed by atoms with Crippen molar-refractivity contribution in [3.8, 4) is 0 Å². The summed E-state index contributed by atoms with van der Waals surface area (Å²) in [6.45, 7) is 0.798. The van der Waals surface area contributed by atoms with E-state index in [1.165, 1.54) is 0 Å². The van der Waals surface area contributed by atoms with E-state index in [0.29, 0.717) is 6.54 Å². The Morgan fingerprint density at radius 2 is 1.95 bits per heavy atom. The van der Waals surface area contributed by atoms with Crippen LogP contribution in [0.25, 0.3) is 0 Å². The topological polar surface area (TPSA) is 89.9 Å². The molecule has 110 valence electrons. The lowest BCUT2D eigenvalue weighted by Gasteiger charge is -2.42. The second-order valence-electron chi connectivity index (χ2n) is 5.34. The maximum Gasteiger partial charge on any atom is 0.317 e. The fourth-order valence-corrected chi connectivity index (χ4v) is 2.30. The number of aliphatic hydroxyl groups excluding tert-OH is 1. The molecule has 0 heterocycles. The zero-order valence-corrected chi connectivity index (χ0v) is 11.5. The highest BCUT2D eigenvalue weighted by atomic mass is 16.4. The number of hydrogen-bond acceptors (Lipinski definition) is 3. The van der Waals surface area contributed by atoms with E-state index in [-0.39, 0.29) is 19.1 Å². The minimum atomic E-state index is -0.870. The summed E-state index contributed by atoms with van der Waals surface area (Å²) in [6.07, 6.45) is 4.92. The standard InChI is InChI=1S/C13H24N2O4/c1-15(8-3-2-4-9-16)12(19)14-13(6-5-7-13)10-11(17)18/h16H,2-10H2,1H3,(H,14,19)(H,17,18). The molecule has 1 saturated carbocycles. The second-order valence-corrected chi connectivity index (χ2v) is 5.34. The Bertz CT molecular complexity index is 316. The normalized spacial score (nSPS) is 16.5. The molecule has 0 aromatic carbocycles. The van der Waals surface area contributed by atoms with Crippen molar-refractivity contribution in [2.75, 3.05) is 20.2 Å². The molecule has 0 atom stereocenters. The number of rotatable bonds is 8. The Morgan fingerprint density at radius 1 is 1.26 bits per heavy atom. The first-order chi connectivity index (χ1) is 8.99. The SMILES string of the molecule is CN(CCCCCO)C(=O)NC1(CC(=O)O)CCC1. The average molecular weight is 272 g/mol. The first-order valence-electron chi connectivity index (χ1n) is 6.85. The molecule has 0 aliphatic heterocycles. The van der Waals surface area contributed by atoms with Crippen molar-refractivity contribution in [2.24, 2.45) is 0 Å². The lowest BCUT2D eigenvalue weighted by molar-refractivity contribution is -0.139. The van der Waals surface area contributed by atoms with Gasteiger partial charge in [-0.05, 0) is 38.5 Å². The smallest absolute Gasteiger partial charge is 0.317 e. The number of urea groups is 1. The van der Waals surface area contributed by atoms with E-state index in [9.17, 15) is 9.59 Å². The van der Waals surface area contributed by atoms with E-state index in [4.69, 9.17) is 10.2 Å². The van der Waals surface area contributed by atoms with Crippen LogP contribution in [0.3, 0.4) is 0 Å². The van der Waals surface area contributed by atoms with Crippen molar-refractivity contribution in [2.45, 2.75) is 50.5 Å². The third-order valence-electron chi connectivity index (χ3n) is 3.67. The molecule has 3 N–H and O–H groups in total. The molecule has 0 spiro atoms. The van der Waals surface area contributed by atoms with Crippen molar-refractivity contribution < 1.29 is 19.8 Å². The Labute approximate surface area is 113 Å². The van der Waals surface area contributed by atoms with Crippen molar-refractivity contribution in [3.63, 3.8) is 0 Å². The van der Waals surface area contributed by atoms with Crippen molar-refractivity contribution >= 4 is 12.0 Å². The van der Waals surface area contributed by atoms with Gasteiger partial charge in [0.1, 0.15) is 0 Å². The molecule has 0 unspecified atom stereocenters. The molecule has 6 nitrogen and oxygen atoms in total. The van der Waals surface area contributed by atoms with Crippen LogP contribution in [-0.4, -0.2) is 52.9 Å². The summed E-state index contributed by atoms with van der Waals surface area (Å²) in [4.78, 5) is 24.4.